The van der Waals surface area contributed by atoms with Crippen molar-refractivity contribution in [2.24, 2.45) is 0 Å². The van der Waals surface area contributed by atoms with Crippen molar-refractivity contribution in [3.8, 4) is 0 Å². The first kappa shape index (κ1) is 10.1. The summed E-state index contributed by atoms with van der Waals surface area (Å²) in [6.07, 6.45) is -2.12. The fraction of sp³-hybridized carbons (Fsp3) is 0.250. The van der Waals surface area contributed by atoms with E-state index in [1.165, 1.54) is 12.1 Å². The largest absolute Gasteiger partial charge is 0.296 e. The summed E-state index contributed by atoms with van der Waals surface area (Å²) in [5.41, 5.74) is -0.0538. The van der Waals surface area contributed by atoms with Gasteiger partial charge >= 0.3 is 0 Å². The maximum absolute atomic E-state index is 12.3. The Labute approximate surface area is 78.5 Å². The Morgan fingerprint density at radius 1 is 1.54 bits per heavy atom. The third-order valence-corrected chi connectivity index (χ3v) is 1.77. The highest BCUT2D eigenvalue weighted by Crippen LogP contribution is 2.22. The van der Waals surface area contributed by atoms with Crippen LogP contribution < -0.4 is 0 Å². The lowest BCUT2D eigenvalue weighted by atomic mass is 10.2. The van der Waals surface area contributed by atoms with Gasteiger partial charge in [0.25, 0.3) is 6.43 Å². The molecule has 0 aliphatic carbocycles. The number of hydrogen-bond acceptors (Lipinski definition) is 2. The van der Waals surface area contributed by atoms with Gasteiger partial charge in [0.2, 0.25) is 0 Å². The quantitative estimate of drug-likeness (QED) is 0.561. The Hall–Kier alpha value is -1.03. The normalized spacial score (nSPS) is 10.5. The van der Waals surface area contributed by atoms with Gasteiger partial charge in [-0.15, -0.1) is 11.6 Å². The summed E-state index contributed by atoms with van der Waals surface area (Å²) in [4.78, 5) is 13.9. The summed E-state index contributed by atoms with van der Waals surface area (Å²) in [6.45, 7) is 0. The molecule has 0 spiro atoms. The van der Waals surface area contributed by atoms with Crippen molar-refractivity contribution in [1.82, 2.24) is 4.98 Å². The van der Waals surface area contributed by atoms with E-state index in [9.17, 15) is 13.6 Å². The lowest BCUT2D eigenvalue weighted by Gasteiger charge is -2.04. The van der Waals surface area contributed by atoms with E-state index in [4.69, 9.17) is 11.6 Å². The first-order chi connectivity index (χ1) is 6.19. The molecule has 5 heteroatoms. The van der Waals surface area contributed by atoms with Gasteiger partial charge in [-0.3, -0.25) is 4.79 Å². The van der Waals surface area contributed by atoms with Gasteiger partial charge in [-0.1, -0.05) is 0 Å². The Bertz CT molecular complexity index is 317. The van der Waals surface area contributed by atoms with Crippen LogP contribution in [0, 0.1) is 0 Å². The van der Waals surface area contributed by atoms with Crippen LogP contribution in [0.2, 0.25) is 0 Å². The molecule has 1 rings (SSSR count). The van der Waals surface area contributed by atoms with Crippen LogP contribution in [-0.2, 0) is 5.88 Å². The van der Waals surface area contributed by atoms with Gasteiger partial charge in [-0.2, -0.15) is 0 Å². The zero-order chi connectivity index (χ0) is 9.84. The highest BCUT2D eigenvalue weighted by atomic mass is 35.5. The number of alkyl halides is 3. The average molecular weight is 206 g/mol. The Balaban J connectivity index is 3.15. The van der Waals surface area contributed by atoms with E-state index in [-0.39, 0.29) is 22.8 Å². The second-order valence-corrected chi connectivity index (χ2v) is 2.59. The van der Waals surface area contributed by atoms with Crippen LogP contribution in [0.3, 0.4) is 0 Å². The first-order valence-electron chi connectivity index (χ1n) is 3.48. The molecule has 0 bridgehead atoms. The van der Waals surface area contributed by atoms with Gasteiger partial charge in [0, 0.05) is 5.56 Å². The SMILES string of the molecule is O=Cc1ccc(C(F)F)c(CCl)n1. The monoisotopic (exact) mass is 205 g/mol. The third kappa shape index (κ3) is 2.21. The number of aldehydes is 1. The fourth-order valence-electron chi connectivity index (χ4n) is 0.900. The second kappa shape index (κ2) is 4.28. The van der Waals surface area contributed by atoms with Gasteiger partial charge in [-0.25, -0.2) is 13.8 Å². The molecule has 0 aromatic carbocycles. The molecule has 0 amide bonds. The first-order valence-corrected chi connectivity index (χ1v) is 4.01. The van der Waals surface area contributed by atoms with Crippen molar-refractivity contribution >= 4 is 17.9 Å². The lowest BCUT2D eigenvalue weighted by Crippen LogP contribution is -1.99. The van der Waals surface area contributed by atoms with Crippen LogP contribution in [0.4, 0.5) is 8.78 Å². The highest BCUT2D eigenvalue weighted by molar-refractivity contribution is 6.17. The van der Waals surface area contributed by atoms with E-state index < -0.39 is 6.43 Å². The average Bonchev–Trinajstić information content (AvgIpc) is 2.16. The van der Waals surface area contributed by atoms with Crippen molar-refractivity contribution in [3.63, 3.8) is 0 Å². The summed E-state index contributed by atoms with van der Waals surface area (Å²) in [6, 6.07) is 2.41. The summed E-state index contributed by atoms with van der Waals surface area (Å²) in [5.74, 6) is -0.124. The minimum absolute atomic E-state index is 0.0567. The Morgan fingerprint density at radius 2 is 2.23 bits per heavy atom. The van der Waals surface area contributed by atoms with Crippen LogP contribution in [-0.4, -0.2) is 11.3 Å². The van der Waals surface area contributed by atoms with Gasteiger partial charge in [0.1, 0.15) is 5.69 Å². The third-order valence-electron chi connectivity index (χ3n) is 1.51. The number of halogens is 3. The van der Waals surface area contributed by atoms with Crippen molar-refractivity contribution in [2.45, 2.75) is 12.3 Å². The maximum Gasteiger partial charge on any atom is 0.265 e. The predicted molar refractivity (Wildman–Crippen MR) is 44.1 cm³/mol. The molecule has 13 heavy (non-hydrogen) atoms. The predicted octanol–water partition coefficient (Wildman–Crippen LogP) is 2.57. The summed E-state index contributed by atoms with van der Waals surface area (Å²) in [5, 5.41) is 0. The van der Waals surface area contributed by atoms with Crippen LogP contribution in [0.1, 0.15) is 28.2 Å². The standard InChI is InChI=1S/C8H6ClF2NO/c9-3-7-6(8(10)11)2-1-5(4-13)12-7/h1-2,4,8H,3H2. The molecule has 1 aromatic heterocycles. The highest BCUT2D eigenvalue weighted by Gasteiger charge is 2.13. The molecule has 0 N–H and O–H groups in total. The van der Waals surface area contributed by atoms with E-state index in [0.717, 1.165) is 0 Å². The zero-order valence-corrected chi connectivity index (χ0v) is 7.26. The number of nitrogens with zero attached hydrogens (tertiary/aromatic N) is 1. The number of aromatic nitrogens is 1. The van der Waals surface area contributed by atoms with E-state index in [2.05, 4.69) is 4.98 Å². The van der Waals surface area contributed by atoms with Gasteiger partial charge in [-0.05, 0) is 12.1 Å². The fourth-order valence-corrected chi connectivity index (χ4v) is 1.11. The maximum atomic E-state index is 12.3. The van der Waals surface area contributed by atoms with E-state index >= 15 is 0 Å². The van der Waals surface area contributed by atoms with E-state index in [1.54, 1.807) is 0 Å². The lowest BCUT2D eigenvalue weighted by molar-refractivity contribution is 0.111. The van der Waals surface area contributed by atoms with Gasteiger partial charge < -0.3 is 0 Å². The molecule has 0 fully saturated rings. The molecule has 1 heterocycles. The summed E-state index contributed by atoms with van der Waals surface area (Å²) >= 11 is 5.39. The van der Waals surface area contributed by atoms with Gasteiger partial charge in [0.05, 0.1) is 11.6 Å². The minimum Gasteiger partial charge on any atom is -0.296 e. The number of carbonyl (C=O) groups is 1. The Morgan fingerprint density at radius 3 is 2.69 bits per heavy atom. The molecular formula is C8H6ClF2NO. The van der Waals surface area contributed by atoms with Crippen molar-refractivity contribution < 1.29 is 13.6 Å². The zero-order valence-electron chi connectivity index (χ0n) is 6.51. The summed E-state index contributed by atoms with van der Waals surface area (Å²) in [7, 11) is 0. The molecular weight excluding hydrogens is 200 g/mol. The molecule has 0 radical (unpaired) electrons. The molecule has 0 unspecified atom stereocenters. The second-order valence-electron chi connectivity index (χ2n) is 2.32. The number of hydrogen-bond donors (Lipinski definition) is 0. The molecule has 0 aliphatic rings. The van der Waals surface area contributed by atoms with Crippen molar-refractivity contribution in [1.29, 1.82) is 0 Å². The van der Waals surface area contributed by atoms with E-state index in [0.29, 0.717) is 6.29 Å². The van der Waals surface area contributed by atoms with Crippen LogP contribution in [0.25, 0.3) is 0 Å². The number of carbonyl (C=O) groups excluding carboxylic acids is 1. The molecule has 0 saturated carbocycles. The van der Waals surface area contributed by atoms with E-state index in [1.807, 2.05) is 0 Å². The molecule has 0 aliphatic heterocycles. The topological polar surface area (TPSA) is 30.0 Å². The molecule has 0 saturated heterocycles. The van der Waals surface area contributed by atoms with Crippen LogP contribution in [0.15, 0.2) is 12.1 Å². The van der Waals surface area contributed by atoms with Crippen LogP contribution in [0.5, 0.6) is 0 Å². The molecule has 0 atom stereocenters. The number of rotatable bonds is 3. The number of pyridine rings is 1. The van der Waals surface area contributed by atoms with Crippen molar-refractivity contribution in [3.05, 3.63) is 29.1 Å². The minimum atomic E-state index is -2.61. The smallest absolute Gasteiger partial charge is 0.265 e. The van der Waals surface area contributed by atoms with Gasteiger partial charge in [0.15, 0.2) is 6.29 Å². The molecule has 2 nitrogen and oxygen atoms in total. The molecule has 70 valence electrons. The Kier molecular flexibility index (Phi) is 3.31. The molecule has 1 aromatic rings. The van der Waals surface area contributed by atoms with Crippen LogP contribution >= 0.6 is 11.6 Å². The van der Waals surface area contributed by atoms with Crippen molar-refractivity contribution in [2.75, 3.05) is 0 Å². The summed E-state index contributed by atoms with van der Waals surface area (Å²) < 4.78 is 24.5.